The maximum atomic E-state index is 11.6. The van der Waals surface area contributed by atoms with Crippen molar-refractivity contribution in [1.29, 1.82) is 10.5 Å². The number of hydrogen-bond acceptors (Lipinski definition) is 5. The minimum Gasteiger partial charge on any atom is -0.245 e. The van der Waals surface area contributed by atoms with Crippen LogP contribution in [0, 0.1) is 22.7 Å². The van der Waals surface area contributed by atoms with Crippen molar-refractivity contribution in [2.24, 2.45) is 10.2 Å². The molecular formula is C17H12N6O. The predicted octanol–water partition coefficient (Wildman–Crippen LogP) is 2.10. The maximum absolute atomic E-state index is 11.6. The molecule has 7 heteroatoms. The van der Waals surface area contributed by atoms with E-state index >= 15 is 0 Å². The lowest BCUT2D eigenvalue weighted by molar-refractivity contribution is 0.242. The molecule has 0 radical (unpaired) electrons. The van der Waals surface area contributed by atoms with Crippen molar-refractivity contribution >= 4 is 18.5 Å². The molecule has 0 atom stereocenters. The largest absolute Gasteiger partial charge is 0.355 e. The van der Waals surface area contributed by atoms with Gasteiger partial charge in [-0.3, -0.25) is 0 Å². The number of urea groups is 1. The highest BCUT2D eigenvalue weighted by atomic mass is 16.2. The molecule has 0 saturated carbocycles. The van der Waals surface area contributed by atoms with Crippen LogP contribution < -0.4 is 10.9 Å². The number of carbonyl (C=O) groups is 1. The summed E-state index contributed by atoms with van der Waals surface area (Å²) in [6.45, 7) is 0. The predicted molar refractivity (Wildman–Crippen MR) is 89.2 cm³/mol. The third kappa shape index (κ3) is 4.52. The molecule has 116 valence electrons. The lowest BCUT2D eigenvalue weighted by Crippen LogP contribution is -2.28. The van der Waals surface area contributed by atoms with Gasteiger partial charge in [0, 0.05) is 11.1 Å². The minimum absolute atomic E-state index is 0.453. The zero-order valence-corrected chi connectivity index (χ0v) is 12.5. The molecule has 0 fully saturated rings. The minimum atomic E-state index is -0.647. The first-order valence-corrected chi connectivity index (χ1v) is 6.85. The fourth-order valence-corrected chi connectivity index (χ4v) is 1.77. The molecular weight excluding hydrogens is 304 g/mol. The molecule has 0 saturated heterocycles. The number of nitrogens with zero attached hydrogens (tertiary/aromatic N) is 4. The third-order valence-corrected chi connectivity index (χ3v) is 2.90. The van der Waals surface area contributed by atoms with Gasteiger partial charge in [0.1, 0.15) is 0 Å². The lowest BCUT2D eigenvalue weighted by atomic mass is 10.1. The Morgan fingerprint density at radius 2 is 1.25 bits per heavy atom. The highest BCUT2D eigenvalue weighted by Crippen LogP contribution is 2.04. The number of hydrogen-bond donors (Lipinski definition) is 2. The highest BCUT2D eigenvalue weighted by Gasteiger charge is 1.99. The topological polar surface area (TPSA) is 113 Å². The number of hydrazone groups is 2. The van der Waals surface area contributed by atoms with Crippen molar-refractivity contribution in [3.63, 3.8) is 0 Å². The zero-order valence-electron chi connectivity index (χ0n) is 12.5. The summed E-state index contributed by atoms with van der Waals surface area (Å²) in [6.07, 6.45) is 2.74. The Kier molecular flexibility index (Phi) is 5.79. The molecule has 0 unspecified atom stereocenters. The van der Waals surface area contributed by atoms with E-state index in [1.165, 1.54) is 12.4 Å². The number of nitriles is 2. The van der Waals surface area contributed by atoms with E-state index in [1.807, 2.05) is 12.1 Å². The first kappa shape index (κ1) is 16.4. The van der Waals surface area contributed by atoms with Crippen molar-refractivity contribution in [2.45, 2.75) is 0 Å². The zero-order chi connectivity index (χ0) is 17.2. The van der Waals surface area contributed by atoms with Crippen LogP contribution in [0.4, 0.5) is 4.79 Å². The summed E-state index contributed by atoms with van der Waals surface area (Å²) in [4.78, 5) is 11.6. The number of rotatable bonds is 4. The molecule has 2 aromatic rings. The van der Waals surface area contributed by atoms with Gasteiger partial charge < -0.3 is 0 Å². The Labute approximate surface area is 138 Å². The molecule has 2 aromatic carbocycles. The van der Waals surface area contributed by atoms with Crippen molar-refractivity contribution in [2.75, 3.05) is 0 Å². The van der Waals surface area contributed by atoms with Gasteiger partial charge in [0.25, 0.3) is 0 Å². The van der Waals surface area contributed by atoms with Gasteiger partial charge in [-0.2, -0.15) is 20.7 Å². The summed E-state index contributed by atoms with van der Waals surface area (Å²) >= 11 is 0. The van der Waals surface area contributed by atoms with Gasteiger partial charge in [-0.1, -0.05) is 36.4 Å². The van der Waals surface area contributed by atoms with E-state index < -0.39 is 6.03 Å². The van der Waals surface area contributed by atoms with Crippen LogP contribution in [0.25, 0.3) is 0 Å². The SMILES string of the molecule is N#Cc1ccccc1/C=N/NC(=O)N/N=C/c1ccccc1C#N. The van der Waals surface area contributed by atoms with Crippen LogP contribution in [0.3, 0.4) is 0 Å². The number of amides is 2. The van der Waals surface area contributed by atoms with Crippen LogP contribution in [0.1, 0.15) is 22.3 Å². The van der Waals surface area contributed by atoms with Crippen LogP contribution in [0.5, 0.6) is 0 Å². The number of nitrogens with one attached hydrogen (secondary N) is 2. The molecule has 0 heterocycles. The Morgan fingerprint density at radius 3 is 1.67 bits per heavy atom. The average molecular weight is 316 g/mol. The standard InChI is InChI=1S/C17H12N6O/c18-9-13-5-1-3-7-15(13)11-20-22-17(24)23-21-12-16-8-4-2-6-14(16)10-19/h1-8,11-12H,(H2,22,23,24)/b20-11+,21-12+. The van der Waals surface area contributed by atoms with Gasteiger partial charge in [0.2, 0.25) is 0 Å². The molecule has 0 aliphatic rings. The molecule has 2 amide bonds. The van der Waals surface area contributed by atoms with E-state index in [-0.39, 0.29) is 0 Å². The molecule has 0 aliphatic carbocycles. The van der Waals surface area contributed by atoms with Crippen LogP contribution >= 0.6 is 0 Å². The smallest absolute Gasteiger partial charge is 0.245 e. The van der Waals surface area contributed by atoms with Crippen molar-refractivity contribution in [1.82, 2.24) is 10.9 Å². The van der Waals surface area contributed by atoms with Crippen LogP contribution in [-0.2, 0) is 0 Å². The molecule has 7 nitrogen and oxygen atoms in total. The molecule has 2 N–H and O–H groups in total. The van der Waals surface area contributed by atoms with Crippen molar-refractivity contribution in [3.8, 4) is 12.1 Å². The summed E-state index contributed by atoms with van der Waals surface area (Å²) in [5.41, 5.74) is 6.54. The van der Waals surface area contributed by atoms with Crippen molar-refractivity contribution < 1.29 is 4.79 Å². The second-order valence-corrected chi connectivity index (χ2v) is 4.47. The van der Waals surface area contributed by atoms with Crippen LogP contribution in [0.15, 0.2) is 58.7 Å². The van der Waals surface area contributed by atoms with E-state index in [1.54, 1.807) is 48.5 Å². The normalized spacial score (nSPS) is 10.2. The first-order valence-electron chi connectivity index (χ1n) is 6.85. The van der Waals surface area contributed by atoms with Gasteiger partial charge in [-0.25, -0.2) is 15.6 Å². The second-order valence-electron chi connectivity index (χ2n) is 4.47. The summed E-state index contributed by atoms with van der Waals surface area (Å²) in [7, 11) is 0. The Hall–Kier alpha value is -3.97. The quantitative estimate of drug-likeness (QED) is 0.665. The summed E-state index contributed by atoms with van der Waals surface area (Å²) in [5.74, 6) is 0. The van der Waals surface area contributed by atoms with Gasteiger partial charge in [0.05, 0.1) is 35.7 Å². The van der Waals surface area contributed by atoms with Crippen LogP contribution in [0.2, 0.25) is 0 Å². The Bertz CT molecular complexity index is 802. The van der Waals surface area contributed by atoms with Crippen molar-refractivity contribution in [3.05, 3.63) is 70.8 Å². The van der Waals surface area contributed by atoms with E-state index in [0.29, 0.717) is 22.3 Å². The summed E-state index contributed by atoms with van der Waals surface area (Å²) in [5, 5.41) is 25.4. The monoisotopic (exact) mass is 316 g/mol. The highest BCUT2D eigenvalue weighted by molar-refractivity contribution is 5.86. The van der Waals surface area contributed by atoms with E-state index in [0.717, 1.165) is 0 Å². The first-order chi connectivity index (χ1) is 11.7. The van der Waals surface area contributed by atoms with Gasteiger partial charge in [-0.15, -0.1) is 0 Å². The average Bonchev–Trinajstić information content (AvgIpc) is 2.62. The number of carbonyl (C=O) groups excluding carboxylic acids is 1. The molecule has 0 aromatic heterocycles. The van der Waals surface area contributed by atoms with E-state index in [4.69, 9.17) is 10.5 Å². The maximum Gasteiger partial charge on any atom is 0.355 e. The molecule has 0 spiro atoms. The molecule has 24 heavy (non-hydrogen) atoms. The van der Waals surface area contributed by atoms with E-state index in [2.05, 4.69) is 21.1 Å². The summed E-state index contributed by atoms with van der Waals surface area (Å²) in [6, 6.07) is 17.1. The second kappa shape index (κ2) is 8.47. The van der Waals surface area contributed by atoms with Gasteiger partial charge in [-0.05, 0) is 12.1 Å². The number of benzene rings is 2. The van der Waals surface area contributed by atoms with Gasteiger partial charge >= 0.3 is 6.03 Å². The fourth-order valence-electron chi connectivity index (χ4n) is 1.77. The van der Waals surface area contributed by atoms with Crippen LogP contribution in [-0.4, -0.2) is 18.5 Å². The molecule has 0 aliphatic heterocycles. The third-order valence-electron chi connectivity index (χ3n) is 2.90. The molecule has 2 rings (SSSR count). The Morgan fingerprint density at radius 1 is 0.833 bits per heavy atom. The lowest BCUT2D eigenvalue weighted by Gasteiger charge is -1.99. The Balaban J connectivity index is 1.90. The molecule has 0 bridgehead atoms. The van der Waals surface area contributed by atoms with Gasteiger partial charge in [0.15, 0.2) is 0 Å². The van der Waals surface area contributed by atoms with E-state index in [9.17, 15) is 4.79 Å². The fraction of sp³-hybridized carbons (Fsp3) is 0. The summed E-state index contributed by atoms with van der Waals surface area (Å²) < 4.78 is 0.